The Bertz CT molecular complexity index is 377. The molecule has 0 aromatic heterocycles. The summed E-state index contributed by atoms with van der Waals surface area (Å²) >= 11 is 0. The van der Waals surface area contributed by atoms with E-state index in [2.05, 4.69) is 5.43 Å². The molecule has 1 aliphatic rings. The van der Waals surface area contributed by atoms with Gasteiger partial charge in [-0.3, -0.25) is 10.2 Å². The Balaban J connectivity index is 2.17. The molecule has 1 heterocycles. The van der Waals surface area contributed by atoms with E-state index in [0.717, 1.165) is 30.8 Å². The molecule has 0 spiro atoms. The monoisotopic (exact) mass is 206 g/mol. The van der Waals surface area contributed by atoms with Crippen molar-refractivity contribution in [3.63, 3.8) is 0 Å². The van der Waals surface area contributed by atoms with Crippen LogP contribution in [0.4, 0.5) is 0 Å². The second-order valence-electron chi connectivity index (χ2n) is 3.64. The molecule has 1 aromatic rings. The predicted octanol–water partition coefficient (Wildman–Crippen LogP) is 0.544. The van der Waals surface area contributed by atoms with Crippen molar-refractivity contribution in [3.05, 3.63) is 29.3 Å². The van der Waals surface area contributed by atoms with E-state index in [-0.39, 0.29) is 5.91 Å². The maximum atomic E-state index is 11.1. The first kappa shape index (κ1) is 9.98. The van der Waals surface area contributed by atoms with Crippen LogP contribution in [0.1, 0.15) is 17.5 Å². The molecule has 0 radical (unpaired) electrons. The van der Waals surface area contributed by atoms with Gasteiger partial charge in [-0.05, 0) is 30.0 Å². The van der Waals surface area contributed by atoms with Gasteiger partial charge in [0.05, 0.1) is 13.0 Å². The minimum Gasteiger partial charge on any atom is -0.493 e. The van der Waals surface area contributed by atoms with Crippen molar-refractivity contribution >= 4 is 5.91 Å². The van der Waals surface area contributed by atoms with Crippen molar-refractivity contribution in [3.8, 4) is 5.75 Å². The molecule has 3 N–H and O–H groups in total. The van der Waals surface area contributed by atoms with Crippen LogP contribution in [0.2, 0.25) is 0 Å². The van der Waals surface area contributed by atoms with Crippen LogP contribution in [0.15, 0.2) is 18.2 Å². The van der Waals surface area contributed by atoms with E-state index in [0.29, 0.717) is 6.42 Å². The maximum absolute atomic E-state index is 11.1. The third kappa shape index (κ3) is 2.27. The highest BCUT2D eigenvalue weighted by atomic mass is 16.5. The van der Waals surface area contributed by atoms with Crippen LogP contribution in [0.25, 0.3) is 0 Å². The van der Waals surface area contributed by atoms with Gasteiger partial charge in [0, 0.05) is 0 Å². The zero-order chi connectivity index (χ0) is 10.7. The Hall–Kier alpha value is -1.55. The Kier molecular flexibility index (Phi) is 2.87. The van der Waals surface area contributed by atoms with Gasteiger partial charge in [0.1, 0.15) is 5.75 Å². The molecular weight excluding hydrogens is 192 g/mol. The number of carbonyl (C=O) groups excluding carboxylic acids is 1. The van der Waals surface area contributed by atoms with Gasteiger partial charge in [-0.2, -0.15) is 0 Å². The predicted molar refractivity (Wildman–Crippen MR) is 56.3 cm³/mol. The summed E-state index contributed by atoms with van der Waals surface area (Å²) in [5, 5.41) is 0. The first-order chi connectivity index (χ1) is 7.29. The standard InChI is InChI=1S/C11H14N2O2/c12-13-11(14)7-8-3-4-10-9(6-8)2-1-5-15-10/h3-4,6H,1-2,5,7,12H2,(H,13,14). The highest BCUT2D eigenvalue weighted by Gasteiger charge is 2.11. The molecule has 80 valence electrons. The van der Waals surface area contributed by atoms with E-state index >= 15 is 0 Å². The molecule has 1 aliphatic heterocycles. The highest BCUT2D eigenvalue weighted by Crippen LogP contribution is 2.25. The average molecular weight is 206 g/mol. The number of amides is 1. The molecule has 4 heteroatoms. The number of hydrogen-bond acceptors (Lipinski definition) is 3. The van der Waals surface area contributed by atoms with Crippen LogP contribution < -0.4 is 16.0 Å². The Morgan fingerprint density at radius 2 is 2.40 bits per heavy atom. The fourth-order valence-corrected chi connectivity index (χ4v) is 1.76. The molecule has 0 saturated carbocycles. The molecular formula is C11H14N2O2. The molecule has 0 atom stereocenters. The van der Waals surface area contributed by atoms with Crippen LogP contribution in [-0.2, 0) is 17.6 Å². The van der Waals surface area contributed by atoms with Gasteiger partial charge in [0.25, 0.3) is 0 Å². The minimum absolute atomic E-state index is 0.174. The fourth-order valence-electron chi connectivity index (χ4n) is 1.76. The molecule has 15 heavy (non-hydrogen) atoms. The van der Waals surface area contributed by atoms with E-state index in [1.165, 1.54) is 5.56 Å². The zero-order valence-corrected chi connectivity index (χ0v) is 8.45. The zero-order valence-electron chi connectivity index (χ0n) is 8.45. The van der Waals surface area contributed by atoms with Crippen molar-refractivity contribution in [2.75, 3.05) is 6.61 Å². The van der Waals surface area contributed by atoms with E-state index in [1.54, 1.807) is 0 Å². The van der Waals surface area contributed by atoms with Crippen molar-refractivity contribution < 1.29 is 9.53 Å². The normalized spacial score (nSPS) is 13.9. The summed E-state index contributed by atoms with van der Waals surface area (Å²) in [4.78, 5) is 11.1. The van der Waals surface area contributed by atoms with Gasteiger partial charge in [-0.1, -0.05) is 12.1 Å². The molecule has 0 bridgehead atoms. The lowest BCUT2D eigenvalue weighted by molar-refractivity contribution is -0.120. The number of hydrazine groups is 1. The molecule has 0 aliphatic carbocycles. The molecule has 1 aromatic carbocycles. The van der Waals surface area contributed by atoms with E-state index < -0.39 is 0 Å². The third-order valence-corrected chi connectivity index (χ3v) is 2.50. The molecule has 1 amide bonds. The Morgan fingerprint density at radius 1 is 1.53 bits per heavy atom. The summed E-state index contributed by atoms with van der Waals surface area (Å²) in [6.07, 6.45) is 2.39. The number of fused-ring (bicyclic) bond motifs is 1. The molecule has 0 fully saturated rings. The summed E-state index contributed by atoms with van der Waals surface area (Å²) in [6.45, 7) is 0.787. The first-order valence-electron chi connectivity index (χ1n) is 5.03. The van der Waals surface area contributed by atoms with E-state index in [9.17, 15) is 4.79 Å². The third-order valence-electron chi connectivity index (χ3n) is 2.50. The molecule has 4 nitrogen and oxygen atoms in total. The summed E-state index contributed by atoms with van der Waals surface area (Å²) in [7, 11) is 0. The second-order valence-corrected chi connectivity index (χ2v) is 3.64. The number of hydrogen-bond donors (Lipinski definition) is 2. The summed E-state index contributed by atoms with van der Waals surface area (Å²) in [5.41, 5.74) is 4.28. The number of rotatable bonds is 2. The van der Waals surface area contributed by atoms with Crippen LogP contribution in [0.5, 0.6) is 5.75 Å². The largest absolute Gasteiger partial charge is 0.493 e. The smallest absolute Gasteiger partial charge is 0.238 e. The minimum atomic E-state index is -0.174. The number of ether oxygens (including phenoxy) is 1. The number of nitrogens with one attached hydrogen (secondary N) is 1. The van der Waals surface area contributed by atoms with Crippen molar-refractivity contribution in [2.45, 2.75) is 19.3 Å². The maximum Gasteiger partial charge on any atom is 0.238 e. The molecule has 2 rings (SSSR count). The summed E-state index contributed by atoms with van der Waals surface area (Å²) in [5.74, 6) is 5.80. The van der Waals surface area contributed by atoms with Crippen molar-refractivity contribution in [1.82, 2.24) is 5.43 Å². The van der Waals surface area contributed by atoms with E-state index in [1.807, 2.05) is 18.2 Å². The van der Waals surface area contributed by atoms with Crippen LogP contribution in [-0.4, -0.2) is 12.5 Å². The van der Waals surface area contributed by atoms with Gasteiger partial charge in [-0.15, -0.1) is 0 Å². The van der Waals surface area contributed by atoms with Crippen LogP contribution in [0.3, 0.4) is 0 Å². The van der Waals surface area contributed by atoms with Crippen molar-refractivity contribution in [1.29, 1.82) is 0 Å². The Morgan fingerprint density at radius 3 is 3.20 bits per heavy atom. The number of benzene rings is 1. The molecule has 0 unspecified atom stereocenters. The van der Waals surface area contributed by atoms with Gasteiger partial charge >= 0.3 is 0 Å². The summed E-state index contributed by atoms with van der Waals surface area (Å²) < 4.78 is 5.48. The highest BCUT2D eigenvalue weighted by molar-refractivity contribution is 5.78. The van der Waals surface area contributed by atoms with Crippen LogP contribution >= 0.6 is 0 Å². The lowest BCUT2D eigenvalue weighted by Crippen LogP contribution is -2.31. The summed E-state index contributed by atoms with van der Waals surface area (Å²) in [6, 6.07) is 5.84. The quantitative estimate of drug-likeness (QED) is 0.422. The molecule has 0 saturated heterocycles. The number of nitrogens with two attached hydrogens (primary N) is 1. The Labute approximate surface area is 88.4 Å². The topological polar surface area (TPSA) is 64.3 Å². The number of aryl methyl sites for hydroxylation is 1. The average Bonchev–Trinajstić information content (AvgIpc) is 2.29. The van der Waals surface area contributed by atoms with E-state index in [4.69, 9.17) is 10.6 Å². The lowest BCUT2D eigenvalue weighted by Gasteiger charge is -2.17. The van der Waals surface area contributed by atoms with Gasteiger partial charge in [0.2, 0.25) is 5.91 Å². The van der Waals surface area contributed by atoms with Gasteiger partial charge in [-0.25, -0.2) is 5.84 Å². The lowest BCUT2D eigenvalue weighted by atomic mass is 10.0. The number of carbonyl (C=O) groups is 1. The first-order valence-corrected chi connectivity index (χ1v) is 5.03. The van der Waals surface area contributed by atoms with Crippen LogP contribution in [0, 0.1) is 0 Å². The van der Waals surface area contributed by atoms with Gasteiger partial charge in [0.15, 0.2) is 0 Å². The second kappa shape index (κ2) is 4.31. The fraction of sp³-hybridized carbons (Fsp3) is 0.364. The SMILES string of the molecule is NNC(=O)Cc1ccc2c(c1)CCCO2. The van der Waals surface area contributed by atoms with Gasteiger partial charge < -0.3 is 4.74 Å². The van der Waals surface area contributed by atoms with Crippen molar-refractivity contribution in [2.24, 2.45) is 5.84 Å².